The molecule has 5 rings (SSSR count). The summed E-state index contributed by atoms with van der Waals surface area (Å²) in [5.74, 6) is 7.06. The van der Waals surface area contributed by atoms with Crippen LogP contribution in [0.3, 0.4) is 0 Å². The molecule has 0 atom stereocenters. The number of pyridine rings is 1. The van der Waals surface area contributed by atoms with Crippen LogP contribution in [0.4, 0.5) is 0 Å². The van der Waals surface area contributed by atoms with Gasteiger partial charge in [0.2, 0.25) is 0 Å². The summed E-state index contributed by atoms with van der Waals surface area (Å²) < 4.78 is 18.7. The quantitative estimate of drug-likeness (QED) is 0.772. The van der Waals surface area contributed by atoms with E-state index < -0.39 is 0 Å². The number of hydrogen-bond donors (Lipinski definition) is 0. The first kappa shape index (κ1) is 16.9. The number of rotatable bonds is 3. The number of hydrogen-bond acceptors (Lipinski definition) is 6. The highest BCUT2D eigenvalue weighted by Gasteiger charge is 2.43. The van der Waals surface area contributed by atoms with E-state index in [-0.39, 0.29) is 11.7 Å². The zero-order chi connectivity index (χ0) is 18.3. The van der Waals surface area contributed by atoms with Gasteiger partial charge in [0.25, 0.3) is 0 Å². The van der Waals surface area contributed by atoms with E-state index in [0.717, 1.165) is 35.7 Å². The van der Waals surface area contributed by atoms with Crippen molar-refractivity contribution in [2.45, 2.75) is 32.6 Å². The molecule has 4 heterocycles. The molecule has 7 nitrogen and oxygen atoms in total. The van der Waals surface area contributed by atoms with Crippen molar-refractivity contribution in [1.82, 2.24) is 20.0 Å². The Kier molecular flexibility index (Phi) is 4.20. The summed E-state index contributed by atoms with van der Waals surface area (Å²) in [5.41, 5.74) is 3.63. The minimum Gasteiger partial charge on any atom is -0.380 e. The van der Waals surface area contributed by atoms with Crippen LogP contribution in [0.25, 0.3) is 11.4 Å². The van der Waals surface area contributed by atoms with Gasteiger partial charge in [-0.3, -0.25) is 4.98 Å². The maximum Gasteiger partial charge on any atom is 0.177 e. The molecule has 0 amide bonds. The summed E-state index contributed by atoms with van der Waals surface area (Å²) in [4.78, 5) is 4.55. The van der Waals surface area contributed by atoms with E-state index in [0.29, 0.717) is 25.7 Å². The Balaban J connectivity index is 1.24. The number of ether oxygens (including phenoxy) is 3. The van der Waals surface area contributed by atoms with Gasteiger partial charge < -0.3 is 14.2 Å². The van der Waals surface area contributed by atoms with Crippen molar-refractivity contribution in [2.24, 2.45) is 11.3 Å². The van der Waals surface area contributed by atoms with Crippen molar-refractivity contribution in [3.8, 4) is 23.2 Å². The van der Waals surface area contributed by atoms with Crippen LogP contribution in [-0.4, -0.2) is 52.7 Å². The van der Waals surface area contributed by atoms with Crippen LogP contribution >= 0.6 is 0 Å². The normalized spacial score (nSPS) is 21.5. The molecule has 0 N–H and O–H groups in total. The summed E-state index contributed by atoms with van der Waals surface area (Å²) >= 11 is 0. The second kappa shape index (κ2) is 6.71. The zero-order valence-corrected chi connectivity index (χ0v) is 15.4. The molecule has 3 aliphatic rings. The van der Waals surface area contributed by atoms with Crippen molar-refractivity contribution < 1.29 is 14.2 Å². The lowest BCUT2D eigenvalue weighted by Crippen LogP contribution is -2.54. The third kappa shape index (κ3) is 3.61. The summed E-state index contributed by atoms with van der Waals surface area (Å²) in [6.45, 7) is 5.32. The third-order valence-corrected chi connectivity index (χ3v) is 5.16. The van der Waals surface area contributed by atoms with E-state index in [1.165, 1.54) is 12.8 Å². The van der Waals surface area contributed by atoms with E-state index in [1.54, 1.807) is 4.68 Å². The highest BCUT2D eigenvalue weighted by molar-refractivity contribution is 5.58. The maximum atomic E-state index is 5.82. The first-order chi connectivity index (χ1) is 13.2. The summed E-state index contributed by atoms with van der Waals surface area (Å²) in [5, 5.41) is 8.47. The molecule has 3 fully saturated rings. The lowest BCUT2D eigenvalue weighted by Gasteiger charge is -2.45. The van der Waals surface area contributed by atoms with Crippen molar-refractivity contribution in [2.75, 3.05) is 26.4 Å². The van der Waals surface area contributed by atoms with Crippen LogP contribution in [-0.2, 0) is 20.8 Å². The first-order valence-electron chi connectivity index (χ1n) is 9.39. The zero-order valence-electron chi connectivity index (χ0n) is 15.4. The second-order valence-corrected chi connectivity index (χ2v) is 7.80. The van der Waals surface area contributed by atoms with Gasteiger partial charge in [0, 0.05) is 17.7 Å². The van der Waals surface area contributed by atoms with Gasteiger partial charge in [-0.05, 0) is 31.4 Å². The number of aromatic nitrogens is 4. The molecule has 0 radical (unpaired) electrons. The molecular formula is C20H22N4O3. The molecule has 7 heteroatoms. The van der Waals surface area contributed by atoms with Crippen molar-refractivity contribution in [1.29, 1.82) is 0 Å². The SMILES string of the molecule is Cc1cc(C#CC2CC2)cnc1-c1cn(CC2OCC3(COC3)CO2)nn1. The standard InChI is InChI=1S/C20H22N4O3/c1-14-6-16(5-4-15-2-3-15)7-21-19(14)17-8-24(23-22-17)9-18-26-12-20(13-27-18)10-25-11-20/h6-8,15,18H,2-3,9-13H2,1H3. The second-order valence-electron chi connectivity index (χ2n) is 7.80. The third-order valence-electron chi connectivity index (χ3n) is 5.16. The van der Waals surface area contributed by atoms with Gasteiger partial charge in [-0.25, -0.2) is 4.68 Å². The van der Waals surface area contributed by atoms with E-state index in [9.17, 15) is 0 Å². The van der Waals surface area contributed by atoms with Gasteiger partial charge in [-0.1, -0.05) is 17.1 Å². The number of nitrogens with zero attached hydrogens (tertiary/aromatic N) is 4. The summed E-state index contributed by atoms with van der Waals surface area (Å²) in [6.07, 6.45) is 5.84. The molecule has 27 heavy (non-hydrogen) atoms. The van der Waals surface area contributed by atoms with Gasteiger partial charge in [0.05, 0.1) is 50.3 Å². The van der Waals surface area contributed by atoms with Gasteiger partial charge >= 0.3 is 0 Å². The topological polar surface area (TPSA) is 71.3 Å². The smallest absolute Gasteiger partial charge is 0.177 e. The molecule has 2 aromatic heterocycles. The Morgan fingerprint density at radius 2 is 2.04 bits per heavy atom. The molecular weight excluding hydrogens is 344 g/mol. The Hall–Kier alpha value is -2.27. The highest BCUT2D eigenvalue weighted by Crippen LogP contribution is 2.32. The fourth-order valence-corrected chi connectivity index (χ4v) is 3.27. The van der Waals surface area contributed by atoms with Gasteiger partial charge in [-0.15, -0.1) is 5.10 Å². The molecule has 0 aromatic carbocycles. The minimum atomic E-state index is -0.306. The van der Waals surface area contributed by atoms with E-state index >= 15 is 0 Å². The highest BCUT2D eigenvalue weighted by atomic mass is 16.7. The van der Waals surface area contributed by atoms with Crippen molar-refractivity contribution in [3.63, 3.8) is 0 Å². The van der Waals surface area contributed by atoms with Crippen LogP contribution in [0.2, 0.25) is 0 Å². The van der Waals surface area contributed by atoms with Gasteiger partial charge in [0.15, 0.2) is 6.29 Å². The predicted octanol–water partition coefficient (Wildman–Crippen LogP) is 1.80. The maximum absolute atomic E-state index is 5.82. The first-order valence-corrected chi connectivity index (χ1v) is 9.39. The van der Waals surface area contributed by atoms with Crippen LogP contribution in [0, 0.1) is 30.1 Å². The van der Waals surface area contributed by atoms with Crippen LogP contribution in [0.15, 0.2) is 18.5 Å². The molecule has 1 spiro atoms. The Morgan fingerprint density at radius 1 is 1.22 bits per heavy atom. The van der Waals surface area contributed by atoms with E-state index in [2.05, 4.69) is 33.2 Å². The van der Waals surface area contributed by atoms with Gasteiger partial charge in [0.1, 0.15) is 5.69 Å². The fourth-order valence-electron chi connectivity index (χ4n) is 3.27. The Morgan fingerprint density at radius 3 is 2.70 bits per heavy atom. The Labute approximate surface area is 158 Å². The Bertz CT molecular complexity index is 895. The number of aryl methyl sites for hydroxylation is 1. The van der Waals surface area contributed by atoms with E-state index in [4.69, 9.17) is 14.2 Å². The monoisotopic (exact) mass is 366 g/mol. The predicted molar refractivity (Wildman–Crippen MR) is 96.5 cm³/mol. The molecule has 2 saturated heterocycles. The molecule has 2 aliphatic heterocycles. The van der Waals surface area contributed by atoms with E-state index in [1.807, 2.05) is 19.3 Å². The van der Waals surface area contributed by atoms with Crippen LogP contribution in [0.1, 0.15) is 24.0 Å². The summed E-state index contributed by atoms with van der Waals surface area (Å²) in [6, 6.07) is 2.06. The minimum absolute atomic E-state index is 0.0647. The lowest BCUT2D eigenvalue weighted by atomic mass is 9.87. The van der Waals surface area contributed by atoms with Crippen LogP contribution < -0.4 is 0 Å². The average Bonchev–Trinajstić information content (AvgIpc) is 3.37. The largest absolute Gasteiger partial charge is 0.380 e. The molecule has 0 bridgehead atoms. The molecule has 1 saturated carbocycles. The van der Waals surface area contributed by atoms with Crippen molar-refractivity contribution in [3.05, 3.63) is 29.6 Å². The summed E-state index contributed by atoms with van der Waals surface area (Å²) in [7, 11) is 0. The molecule has 140 valence electrons. The van der Waals surface area contributed by atoms with Crippen LogP contribution in [0.5, 0.6) is 0 Å². The van der Waals surface area contributed by atoms with Gasteiger partial charge in [-0.2, -0.15) is 0 Å². The molecule has 0 unspecified atom stereocenters. The lowest BCUT2D eigenvalue weighted by molar-refractivity contribution is -0.287. The van der Waals surface area contributed by atoms with Crippen molar-refractivity contribution >= 4 is 0 Å². The molecule has 1 aliphatic carbocycles. The fraction of sp³-hybridized carbons (Fsp3) is 0.550. The molecule has 2 aromatic rings. The average molecular weight is 366 g/mol.